The first-order valence-corrected chi connectivity index (χ1v) is 8.62. The minimum Gasteiger partial charge on any atom is -0.0651 e. The highest BCUT2D eigenvalue weighted by Gasteiger charge is 2.20. The second-order valence-corrected chi connectivity index (χ2v) is 7.01. The molecule has 3 aromatic rings. The molecule has 0 saturated heterocycles. The molecule has 4 rings (SSSR count). The van der Waals surface area contributed by atoms with E-state index in [0.717, 1.165) is 5.92 Å². The molecular formula is C22H24. The standard InChI is InChI=1S/C22H24/c1-4-16-8-10-18-17(13-16)9-11-19-20-7-5-6-14(2)22(20)15(3)12-21(18)19/h5-7,9,11-12,16H,4,8,10,13H2,1-3H3. The van der Waals surface area contributed by atoms with E-state index in [1.54, 1.807) is 11.1 Å². The van der Waals surface area contributed by atoms with Gasteiger partial charge in [0.25, 0.3) is 0 Å². The van der Waals surface area contributed by atoms with Gasteiger partial charge in [-0.3, -0.25) is 0 Å². The van der Waals surface area contributed by atoms with Gasteiger partial charge in [-0.15, -0.1) is 0 Å². The van der Waals surface area contributed by atoms with Gasteiger partial charge in [0.15, 0.2) is 0 Å². The molecule has 1 atom stereocenters. The molecule has 3 aromatic carbocycles. The van der Waals surface area contributed by atoms with Crippen molar-refractivity contribution in [2.24, 2.45) is 5.92 Å². The van der Waals surface area contributed by atoms with E-state index >= 15 is 0 Å². The molecule has 1 aliphatic carbocycles. The van der Waals surface area contributed by atoms with Crippen LogP contribution in [0, 0.1) is 19.8 Å². The Kier molecular flexibility index (Phi) is 3.22. The van der Waals surface area contributed by atoms with E-state index in [0.29, 0.717) is 0 Å². The largest absolute Gasteiger partial charge is 0.0651 e. The van der Waals surface area contributed by atoms with Gasteiger partial charge in [-0.25, -0.2) is 0 Å². The van der Waals surface area contributed by atoms with Crippen LogP contribution < -0.4 is 0 Å². The highest BCUT2D eigenvalue weighted by atomic mass is 14.2. The van der Waals surface area contributed by atoms with Gasteiger partial charge < -0.3 is 0 Å². The van der Waals surface area contributed by atoms with E-state index in [1.807, 2.05) is 0 Å². The zero-order chi connectivity index (χ0) is 15.3. The van der Waals surface area contributed by atoms with Crippen LogP contribution in [0.15, 0.2) is 36.4 Å². The number of aryl methyl sites for hydroxylation is 3. The van der Waals surface area contributed by atoms with Gasteiger partial charge in [0.05, 0.1) is 0 Å². The number of benzene rings is 3. The molecule has 0 N–H and O–H groups in total. The van der Waals surface area contributed by atoms with Gasteiger partial charge in [0, 0.05) is 0 Å². The maximum absolute atomic E-state index is 2.44. The summed E-state index contributed by atoms with van der Waals surface area (Å²) in [5.74, 6) is 0.883. The first-order valence-electron chi connectivity index (χ1n) is 8.62. The molecule has 0 saturated carbocycles. The zero-order valence-electron chi connectivity index (χ0n) is 13.9. The Morgan fingerprint density at radius 2 is 1.82 bits per heavy atom. The smallest absolute Gasteiger partial charge is 0.01000 e. The molecule has 0 aromatic heterocycles. The summed E-state index contributed by atoms with van der Waals surface area (Å²) in [6, 6.07) is 13.9. The lowest BCUT2D eigenvalue weighted by Crippen LogP contribution is -2.13. The third-order valence-corrected chi connectivity index (χ3v) is 5.66. The Hall–Kier alpha value is -1.82. The molecule has 22 heavy (non-hydrogen) atoms. The lowest BCUT2D eigenvalue weighted by Gasteiger charge is -2.25. The number of rotatable bonds is 1. The SMILES string of the molecule is CCC1CCc2c(ccc3c2cc(C)c2c(C)cccc23)C1. The zero-order valence-corrected chi connectivity index (χ0v) is 13.9. The molecule has 0 nitrogen and oxygen atoms in total. The quantitative estimate of drug-likeness (QED) is 0.473. The van der Waals surface area contributed by atoms with Crippen LogP contribution in [0.3, 0.4) is 0 Å². The molecule has 0 radical (unpaired) electrons. The van der Waals surface area contributed by atoms with Crippen molar-refractivity contribution in [1.29, 1.82) is 0 Å². The summed E-state index contributed by atoms with van der Waals surface area (Å²) < 4.78 is 0. The first kappa shape index (κ1) is 13.8. The molecule has 1 aliphatic rings. The van der Waals surface area contributed by atoms with E-state index in [9.17, 15) is 0 Å². The van der Waals surface area contributed by atoms with E-state index in [4.69, 9.17) is 0 Å². The maximum Gasteiger partial charge on any atom is -0.01000 e. The van der Waals surface area contributed by atoms with Crippen LogP contribution >= 0.6 is 0 Å². The van der Waals surface area contributed by atoms with Gasteiger partial charge >= 0.3 is 0 Å². The van der Waals surface area contributed by atoms with Crippen LogP contribution in [0.4, 0.5) is 0 Å². The summed E-state index contributed by atoms with van der Waals surface area (Å²) in [5.41, 5.74) is 6.03. The van der Waals surface area contributed by atoms with E-state index in [-0.39, 0.29) is 0 Å². The van der Waals surface area contributed by atoms with Gasteiger partial charge in [-0.05, 0) is 82.8 Å². The molecule has 0 fully saturated rings. The Morgan fingerprint density at radius 1 is 0.955 bits per heavy atom. The predicted octanol–water partition coefficient (Wildman–Crippen LogP) is 6.12. The molecule has 0 spiro atoms. The average molecular weight is 288 g/mol. The van der Waals surface area contributed by atoms with Crippen molar-refractivity contribution < 1.29 is 0 Å². The van der Waals surface area contributed by atoms with Crippen molar-refractivity contribution in [3.05, 3.63) is 58.7 Å². The van der Waals surface area contributed by atoms with Crippen molar-refractivity contribution >= 4 is 21.5 Å². The van der Waals surface area contributed by atoms with Gasteiger partial charge in [0.2, 0.25) is 0 Å². The number of hydrogen-bond donors (Lipinski definition) is 0. The normalized spacial score (nSPS) is 17.9. The predicted molar refractivity (Wildman–Crippen MR) is 96.7 cm³/mol. The monoisotopic (exact) mass is 288 g/mol. The van der Waals surface area contributed by atoms with Crippen LogP contribution in [0.1, 0.15) is 42.0 Å². The molecule has 0 bridgehead atoms. The summed E-state index contributed by atoms with van der Waals surface area (Å²) >= 11 is 0. The highest BCUT2D eigenvalue weighted by Crippen LogP contribution is 2.37. The van der Waals surface area contributed by atoms with Gasteiger partial charge in [-0.1, -0.05) is 49.7 Å². The van der Waals surface area contributed by atoms with E-state index < -0.39 is 0 Å². The fourth-order valence-corrected chi connectivity index (χ4v) is 4.41. The fraction of sp³-hybridized carbons (Fsp3) is 0.364. The summed E-state index contributed by atoms with van der Waals surface area (Å²) in [6.45, 7) is 6.83. The summed E-state index contributed by atoms with van der Waals surface area (Å²) in [4.78, 5) is 0. The summed E-state index contributed by atoms with van der Waals surface area (Å²) in [7, 11) is 0. The van der Waals surface area contributed by atoms with Crippen LogP contribution in [0.5, 0.6) is 0 Å². The van der Waals surface area contributed by atoms with Crippen molar-refractivity contribution in [1.82, 2.24) is 0 Å². The summed E-state index contributed by atoms with van der Waals surface area (Å²) in [6.07, 6.45) is 5.19. The van der Waals surface area contributed by atoms with Crippen molar-refractivity contribution in [3.8, 4) is 0 Å². The Morgan fingerprint density at radius 3 is 2.64 bits per heavy atom. The number of fused-ring (bicyclic) bond motifs is 5. The van der Waals surface area contributed by atoms with Gasteiger partial charge in [-0.2, -0.15) is 0 Å². The second kappa shape index (κ2) is 5.12. The average Bonchev–Trinajstić information content (AvgIpc) is 2.54. The second-order valence-electron chi connectivity index (χ2n) is 7.01. The lowest BCUT2D eigenvalue weighted by atomic mass is 9.79. The number of hydrogen-bond acceptors (Lipinski definition) is 0. The minimum atomic E-state index is 0.883. The fourth-order valence-electron chi connectivity index (χ4n) is 4.41. The van der Waals surface area contributed by atoms with Crippen molar-refractivity contribution in [2.75, 3.05) is 0 Å². The molecule has 0 heteroatoms. The van der Waals surface area contributed by atoms with Crippen molar-refractivity contribution in [3.63, 3.8) is 0 Å². The summed E-state index contributed by atoms with van der Waals surface area (Å²) in [5, 5.41) is 5.81. The van der Waals surface area contributed by atoms with Crippen LogP contribution in [-0.4, -0.2) is 0 Å². The van der Waals surface area contributed by atoms with Crippen LogP contribution in [-0.2, 0) is 12.8 Å². The molecular weight excluding hydrogens is 264 g/mol. The van der Waals surface area contributed by atoms with E-state index in [1.165, 1.54) is 58.4 Å². The highest BCUT2D eigenvalue weighted by molar-refractivity contribution is 6.11. The lowest BCUT2D eigenvalue weighted by molar-refractivity contribution is 0.446. The van der Waals surface area contributed by atoms with Gasteiger partial charge in [0.1, 0.15) is 0 Å². The molecule has 0 aliphatic heterocycles. The first-order chi connectivity index (χ1) is 10.7. The molecule has 1 unspecified atom stereocenters. The molecule has 0 amide bonds. The third-order valence-electron chi connectivity index (χ3n) is 5.66. The van der Waals surface area contributed by atoms with Crippen molar-refractivity contribution in [2.45, 2.75) is 46.5 Å². The molecule has 112 valence electrons. The molecule has 0 heterocycles. The van der Waals surface area contributed by atoms with Crippen LogP contribution in [0.2, 0.25) is 0 Å². The topological polar surface area (TPSA) is 0 Å². The Labute approximate surface area is 133 Å². The van der Waals surface area contributed by atoms with Crippen LogP contribution in [0.25, 0.3) is 21.5 Å². The van der Waals surface area contributed by atoms with E-state index in [2.05, 4.69) is 57.2 Å². The maximum atomic E-state index is 2.44. The third kappa shape index (κ3) is 1.97. The minimum absolute atomic E-state index is 0.883. The Bertz CT molecular complexity index is 870. The Balaban J connectivity index is 2.05.